The molecular formula is C18H34N5OS+. The van der Waals surface area contributed by atoms with Gasteiger partial charge in [-0.2, -0.15) is 0 Å². The van der Waals surface area contributed by atoms with Gasteiger partial charge in [-0.3, -0.25) is 4.79 Å². The highest BCUT2D eigenvalue weighted by molar-refractivity contribution is 7.99. The molecule has 0 unspecified atom stereocenters. The van der Waals surface area contributed by atoms with Gasteiger partial charge in [0, 0.05) is 19.0 Å². The maximum atomic E-state index is 12.2. The number of nitrogens with zero attached hydrogens (tertiary/aromatic N) is 3. The van der Waals surface area contributed by atoms with Crippen LogP contribution in [-0.4, -0.2) is 46.6 Å². The Hall–Kier alpha value is -1.08. The van der Waals surface area contributed by atoms with E-state index in [0.717, 1.165) is 49.6 Å². The van der Waals surface area contributed by atoms with E-state index >= 15 is 0 Å². The maximum absolute atomic E-state index is 12.2. The molecule has 0 aliphatic heterocycles. The molecule has 1 atom stereocenters. The number of aromatic nitrogens is 3. The largest absolute Gasteiger partial charge is 0.353 e. The van der Waals surface area contributed by atoms with E-state index in [4.69, 9.17) is 0 Å². The fourth-order valence-corrected chi connectivity index (χ4v) is 4.29. The monoisotopic (exact) mass is 368 g/mol. The molecule has 7 heteroatoms. The minimum Gasteiger partial charge on any atom is -0.353 e. The molecule has 1 aliphatic rings. The van der Waals surface area contributed by atoms with Gasteiger partial charge in [0.15, 0.2) is 11.0 Å². The molecule has 25 heavy (non-hydrogen) atoms. The SMILES string of the molecule is CCCCn1c(SCC(=O)NC2CCCC2)nnc1[C@@H](CC)[NH+](C)C. The van der Waals surface area contributed by atoms with Crippen LogP contribution in [0.3, 0.4) is 0 Å². The van der Waals surface area contributed by atoms with E-state index in [1.165, 1.54) is 29.5 Å². The van der Waals surface area contributed by atoms with E-state index in [-0.39, 0.29) is 5.91 Å². The van der Waals surface area contributed by atoms with Crippen LogP contribution in [-0.2, 0) is 11.3 Å². The van der Waals surface area contributed by atoms with Crippen LogP contribution >= 0.6 is 11.8 Å². The van der Waals surface area contributed by atoms with Crippen LogP contribution in [0, 0.1) is 0 Å². The van der Waals surface area contributed by atoms with Gasteiger partial charge in [0.2, 0.25) is 5.91 Å². The fourth-order valence-electron chi connectivity index (χ4n) is 3.51. The summed E-state index contributed by atoms with van der Waals surface area (Å²) in [6.07, 6.45) is 7.98. The van der Waals surface area contributed by atoms with E-state index in [1.54, 1.807) is 0 Å². The molecule has 1 heterocycles. The Kier molecular flexibility index (Phi) is 8.22. The van der Waals surface area contributed by atoms with Gasteiger partial charge in [0.25, 0.3) is 0 Å². The van der Waals surface area contributed by atoms with E-state index < -0.39 is 0 Å². The maximum Gasteiger partial charge on any atom is 0.230 e. The van der Waals surface area contributed by atoms with Crippen LogP contribution in [0.25, 0.3) is 0 Å². The quantitative estimate of drug-likeness (QED) is 0.619. The lowest BCUT2D eigenvalue weighted by molar-refractivity contribution is -0.893. The molecule has 1 aromatic heterocycles. The van der Waals surface area contributed by atoms with Crippen molar-refractivity contribution in [2.75, 3.05) is 19.8 Å². The van der Waals surface area contributed by atoms with Crippen LogP contribution in [0.2, 0.25) is 0 Å². The van der Waals surface area contributed by atoms with Crippen molar-refractivity contribution >= 4 is 17.7 Å². The molecule has 1 fully saturated rings. The van der Waals surface area contributed by atoms with Crippen LogP contribution in [0.4, 0.5) is 0 Å². The predicted octanol–water partition coefficient (Wildman–Crippen LogP) is 1.82. The van der Waals surface area contributed by atoms with Crippen LogP contribution in [0.1, 0.15) is 70.7 Å². The summed E-state index contributed by atoms with van der Waals surface area (Å²) in [7, 11) is 4.32. The Balaban J connectivity index is 2.02. The lowest BCUT2D eigenvalue weighted by Crippen LogP contribution is -3.06. The summed E-state index contributed by atoms with van der Waals surface area (Å²) in [4.78, 5) is 13.6. The van der Waals surface area contributed by atoms with E-state index in [1.807, 2.05) is 0 Å². The molecule has 0 aromatic carbocycles. The van der Waals surface area contributed by atoms with E-state index in [9.17, 15) is 4.79 Å². The fraction of sp³-hybridized carbons (Fsp3) is 0.833. The number of thioether (sulfide) groups is 1. The first-order valence-electron chi connectivity index (χ1n) is 9.72. The number of hydrogen-bond donors (Lipinski definition) is 2. The normalized spacial score (nSPS) is 16.5. The standard InChI is InChI=1S/C18H33N5OS/c1-5-7-12-23-17(15(6-2)22(3)4)20-21-18(23)25-13-16(24)19-14-10-8-9-11-14/h14-15H,5-13H2,1-4H3,(H,19,24)/p+1/t15-/m1/s1. The molecule has 1 aliphatic carbocycles. The number of amides is 1. The summed E-state index contributed by atoms with van der Waals surface area (Å²) < 4.78 is 2.23. The summed E-state index contributed by atoms with van der Waals surface area (Å²) in [6, 6.07) is 0.717. The second kappa shape index (κ2) is 10.2. The average Bonchev–Trinajstić information content (AvgIpc) is 3.21. The first kappa shape index (κ1) is 20.2. The Morgan fingerprint density at radius 3 is 2.64 bits per heavy atom. The second-order valence-electron chi connectivity index (χ2n) is 7.22. The van der Waals surface area contributed by atoms with E-state index in [2.05, 4.69) is 48.0 Å². The van der Waals surface area contributed by atoms with Crippen molar-refractivity contribution in [3.8, 4) is 0 Å². The zero-order chi connectivity index (χ0) is 18.2. The highest BCUT2D eigenvalue weighted by atomic mass is 32.2. The minimum absolute atomic E-state index is 0.119. The third-order valence-electron chi connectivity index (χ3n) is 4.95. The highest BCUT2D eigenvalue weighted by Gasteiger charge is 2.25. The van der Waals surface area contributed by atoms with Crippen molar-refractivity contribution in [3.63, 3.8) is 0 Å². The summed E-state index contributed by atoms with van der Waals surface area (Å²) >= 11 is 1.52. The van der Waals surface area contributed by atoms with Gasteiger partial charge in [-0.05, 0) is 19.3 Å². The molecule has 142 valence electrons. The predicted molar refractivity (Wildman–Crippen MR) is 102 cm³/mol. The summed E-state index contributed by atoms with van der Waals surface area (Å²) in [5, 5.41) is 12.9. The number of nitrogens with one attached hydrogen (secondary N) is 2. The molecule has 1 amide bonds. The molecule has 1 saturated carbocycles. The topological polar surface area (TPSA) is 64.2 Å². The Morgan fingerprint density at radius 2 is 2.04 bits per heavy atom. The zero-order valence-corrected chi connectivity index (χ0v) is 17.0. The van der Waals surface area contributed by atoms with Gasteiger partial charge in [-0.1, -0.05) is 44.9 Å². The van der Waals surface area contributed by atoms with E-state index in [0.29, 0.717) is 17.8 Å². The van der Waals surface area contributed by atoms with Crippen molar-refractivity contribution in [2.45, 2.75) is 82.6 Å². The second-order valence-corrected chi connectivity index (χ2v) is 8.16. The van der Waals surface area contributed by atoms with Crippen LogP contribution < -0.4 is 10.2 Å². The number of hydrogen-bond acceptors (Lipinski definition) is 4. The lowest BCUT2D eigenvalue weighted by atomic mass is 10.2. The first-order valence-corrected chi connectivity index (χ1v) is 10.7. The third-order valence-corrected chi connectivity index (χ3v) is 5.92. The van der Waals surface area contributed by atoms with Crippen molar-refractivity contribution in [1.29, 1.82) is 0 Å². The Bertz CT molecular complexity index is 540. The molecule has 0 radical (unpaired) electrons. The summed E-state index contributed by atoms with van der Waals surface area (Å²) in [5.74, 6) is 1.59. The molecular weight excluding hydrogens is 334 g/mol. The van der Waals surface area contributed by atoms with Gasteiger partial charge in [-0.15, -0.1) is 10.2 Å². The molecule has 0 spiro atoms. The molecule has 0 bridgehead atoms. The summed E-state index contributed by atoms with van der Waals surface area (Å²) in [6.45, 7) is 5.31. The average molecular weight is 369 g/mol. The third kappa shape index (κ3) is 5.71. The Labute approximate surface area is 156 Å². The number of quaternary nitrogens is 1. The highest BCUT2D eigenvalue weighted by Crippen LogP contribution is 2.22. The molecule has 0 saturated heterocycles. The smallest absolute Gasteiger partial charge is 0.230 e. The van der Waals surface area contributed by atoms with Gasteiger partial charge in [0.05, 0.1) is 19.8 Å². The summed E-state index contributed by atoms with van der Waals surface area (Å²) in [5.41, 5.74) is 0. The molecule has 6 nitrogen and oxygen atoms in total. The van der Waals surface area contributed by atoms with Crippen molar-refractivity contribution in [3.05, 3.63) is 5.82 Å². The van der Waals surface area contributed by atoms with Crippen LogP contribution in [0.15, 0.2) is 5.16 Å². The molecule has 2 N–H and O–H groups in total. The lowest BCUT2D eigenvalue weighted by Gasteiger charge is -2.20. The van der Waals surface area contributed by atoms with Crippen molar-refractivity contribution in [1.82, 2.24) is 20.1 Å². The number of rotatable bonds is 10. The molecule has 1 aromatic rings. The number of unbranched alkanes of at least 4 members (excludes halogenated alkanes) is 1. The van der Waals surface area contributed by atoms with Crippen molar-refractivity contribution < 1.29 is 9.69 Å². The van der Waals surface area contributed by atoms with Gasteiger partial charge in [0.1, 0.15) is 6.04 Å². The van der Waals surface area contributed by atoms with Gasteiger partial charge >= 0.3 is 0 Å². The van der Waals surface area contributed by atoms with Crippen molar-refractivity contribution in [2.24, 2.45) is 0 Å². The molecule has 2 rings (SSSR count). The van der Waals surface area contributed by atoms with Gasteiger partial charge in [-0.25, -0.2) is 0 Å². The number of carbonyl (C=O) groups is 1. The Morgan fingerprint density at radius 1 is 1.32 bits per heavy atom. The van der Waals surface area contributed by atoms with Gasteiger partial charge < -0.3 is 14.8 Å². The number of carbonyl (C=O) groups excluding carboxylic acids is 1. The zero-order valence-electron chi connectivity index (χ0n) is 16.2. The van der Waals surface area contributed by atoms with Crippen LogP contribution in [0.5, 0.6) is 0 Å². The first-order chi connectivity index (χ1) is 12.1. The minimum atomic E-state index is 0.119.